The first-order valence-electron chi connectivity index (χ1n) is 4.10. The quantitative estimate of drug-likeness (QED) is 0.563. The predicted molar refractivity (Wildman–Crippen MR) is 38.0 cm³/mol. The largest absolute Gasteiger partial charge is 0.330 e. The van der Waals surface area contributed by atoms with E-state index in [1.807, 2.05) is 0 Å². The zero-order valence-corrected chi connectivity index (χ0v) is 5.84. The summed E-state index contributed by atoms with van der Waals surface area (Å²) in [4.78, 5) is 0. The lowest BCUT2D eigenvalue weighted by atomic mass is 9.60. The van der Waals surface area contributed by atoms with Gasteiger partial charge in [0, 0.05) is 0 Å². The molecule has 0 aromatic carbocycles. The van der Waals surface area contributed by atoms with Gasteiger partial charge < -0.3 is 5.73 Å². The molecule has 0 aromatic heterocycles. The summed E-state index contributed by atoms with van der Waals surface area (Å²) in [7, 11) is 0. The van der Waals surface area contributed by atoms with Gasteiger partial charge in [0.15, 0.2) is 0 Å². The van der Waals surface area contributed by atoms with E-state index in [2.05, 4.69) is 0 Å². The van der Waals surface area contributed by atoms with Crippen molar-refractivity contribution in [2.75, 3.05) is 6.54 Å². The molecule has 9 heavy (non-hydrogen) atoms. The summed E-state index contributed by atoms with van der Waals surface area (Å²) in [6.45, 7) is 0.942. The SMILES string of the molecule is NCC1CCC2CC1C2. The van der Waals surface area contributed by atoms with Crippen LogP contribution in [0.2, 0.25) is 0 Å². The normalized spacial score (nSPS) is 48.3. The Hall–Kier alpha value is -0.0400. The highest BCUT2D eigenvalue weighted by Crippen LogP contribution is 2.48. The Labute approximate surface area is 56.6 Å². The Morgan fingerprint density at radius 3 is 2.33 bits per heavy atom. The number of fused-ring (bicyclic) bond motifs is 2. The second-order valence-corrected chi connectivity index (χ2v) is 3.67. The van der Waals surface area contributed by atoms with E-state index >= 15 is 0 Å². The van der Waals surface area contributed by atoms with Crippen LogP contribution in [0.1, 0.15) is 25.7 Å². The Bertz CT molecular complexity index is 102. The smallest absolute Gasteiger partial charge is 0.00462 e. The zero-order valence-electron chi connectivity index (χ0n) is 5.84. The van der Waals surface area contributed by atoms with Gasteiger partial charge in [-0.2, -0.15) is 0 Å². The lowest BCUT2D eigenvalue weighted by Crippen LogP contribution is -2.39. The summed E-state index contributed by atoms with van der Waals surface area (Å²) >= 11 is 0. The molecule has 3 aliphatic carbocycles. The standard InChI is InChI=1S/C8H15N/c9-5-7-2-1-6-3-8(7)4-6/h6-8H,1-5,9H2. The van der Waals surface area contributed by atoms with E-state index in [0.29, 0.717) is 0 Å². The van der Waals surface area contributed by atoms with Gasteiger partial charge in [0.1, 0.15) is 0 Å². The lowest BCUT2D eigenvalue weighted by Gasteiger charge is -2.46. The van der Waals surface area contributed by atoms with Crippen LogP contribution in [-0.2, 0) is 0 Å². The Balaban J connectivity index is 1.94. The molecule has 0 saturated heterocycles. The fourth-order valence-electron chi connectivity index (χ4n) is 2.40. The molecule has 1 heteroatoms. The van der Waals surface area contributed by atoms with Crippen LogP contribution in [0, 0.1) is 17.8 Å². The van der Waals surface area contributed by atoms with E-state index in [4.69, 9.17) is 5.73 Å². The number of nitrogens with two attached hydrogens (primary N) is 1. The van der Waals surface area contributed by atoms with Gasteiger partial charge in [0.2, 0.25) is 0 Å². The third-order valence-electron chi connectivity index (χ3n) is 3.19. The molecule has 0 radical (unpaired) electrons. The van der Waals surface area contributed by atoms with Gasteiger partial charge in [-0.3, -0.25) is 0 Å². The first kappa shape index (κ1) is 5.72. The molecule has 2 N–H and O–H groups in total. The van der Waals surface area contributed by atoms with Crippen LogP contribution in [0.3, 0.4) is 0 Å². The summed E-state index contributed by atoms with van der Waals surface area (Å²) in [6, 6.07) is 0. The third kappa shape index (κ3) is 0.787. The van der Waals surface area contributed by atoms with E-state index in [0.717, 1.165) is 24.3 Å². The molecule has 52 valence electrons. The van der Waals surface area contributed by atoms with Crippen molar-refractivity contribution < 1.29 is 0 Å². The Morgan fingerprint density at radius 2 is 2.00 bits per heavy atom. The second-order valence-electron chi connectivity index (χ2n) is 3.67. The molecule has 0 aromatic rings. The highest BCUT2D eigenvalue weighted by atomic mass is 14.6. The zero-order chi connectivity index (χ0) is 6.27. The van der Waals surface area contributed by atoms with Crippen molar-refractivity contribution in [3.63, 3.8) is 0 Å². The first-order valence-corrected chi connectivity index (χ1v) is 4.10. The number of hydrogen-bond acceptors (Lipinski definition) is 1. The average molecular weight is 125 g/mol. The van der Waals surface area contributed by atoms with Gasteiger partial charge >= 0.3 is 0 Å². The van der Waals surface area contributed by atoms with Gasteiger partial charge in [0.05, 0.1) is 0 Å². The van der Waals surface area contributed by atoms with Crippen LogP contribution in [0.15, 0.2) is 0 Å². The van der Waals surface area contributed by atoms with E-state index in [1.54, 1.807) is 0 Å². The van der Waals surface area contributed by atoms with Crippen molar-refractivity contribution in [3.8, 4) is 0 Å². The molecule has 3 aliphatic rings. The maximum absolute atomic E-state index is 5.62. The topological polar surface area (TPSA) is 26.0 Å². The molecule has 1 unspecified atom stereocenters. The lowest BCUT2D eigenvalue weighted by molar-refractivity contribution is 0.0546. The van der Waals surface area contributed by atoms with E-state index in [9.17, 15) is 0 Å². The Morgan fingerprint density at radius 1 is 1.22 bits per heavy atom. The molecule has 0 aliphatic heterocycles. The average Bonchev–Trinajstić information content (AvgIpc) is 1.86. The van der Waals surface area contributed by atoms with Crippen molar-refractivity contribution in [3.05, 3.63) is 0 Å². The molecule has 0 spiro atoms. The molecular formula is C8H15N. The fraction of sp³-hybridized carbons (Fsp3) is 1.00. The molecule has 1 atom stereocenters. The predicted octanol–water partition coefficient (Wildman–Crippen LogP) is 1.38. The molecule has 3 rings (SSSR count). The van der Waals surface area contributed by atoms with Crippen LogP contribution in [-0.4, -0.2) is 6.54 Å². The summed E-state index contributed by atoms with van der Waals surface area (Å²) < 4.78 is 0. The van der Waals surface area contributed by atoms with Crippen LogP contribution in [0.4, 0.5) is 0 Å². The molecule has 2 bridgehead atoms. The summed E-state index contributed by atoms with van der Waals surface area (Å²) in [5.41, 5.74) is 5.62. The van der Waals surface area contributed by atoms with Gasteiger partial charge in [-0.1, -0.05) is 6.42 Å². The van der Waals surface area contributed by atoms with Crippen molar-refractivity contribution >= 4 is 0 Å². The van der Waals surface area contributed by atoms with Crippen LogP contribution >= 0.6 is 0 Å². The fourth-order valence-corrected chi connectivity index (χ4v) is 2.40. The number of hydrogen-bond donors (Lipinski definition) is 1. The molecule has 3 saturated carbocycles. The molecule has 1 nitrogen and oxygen atoms in total. The molecular weight excluding hydrogens is 110 g/mol. The highest BCUT2D eigenvalue weighted by Gasteiger charge is 2.38. The molecule has 0 heterocycles. The molecule has 0 amide bonds. The summed E-state index contributed by atoms with van der Waals surface area (Å²) in [5, 5.41) is 0. The van der Waals surface area contributed by atoms with Gasteiger partial charge in [0.25, 0.3) is 0 Å². The van der Waals surface area contributed by atoms with Gasteiger partial charge in [-0.25, -0.2) is 0 Å². The van der Waals surface area contributed by atoms with Gasteiger partial charge in [-0.05, 0) is 43.6 Å². The maximum atomic E-state index is 5.62. The minimum Gasteiger partial charge on any atom is -0.330 e. The molecule has 3 fully saturated rings. The van der Waals surface area contributed by atoms with Crippen LogP contribution in [0.5, 0.6) is 0 Å². The van der Waals surface area contributed by atoms with E-state index in [-0.39, 0.29) is 0 Å². The van der Waals surface area contributed by atoms with Crippen LogP contribution < -0.4 is 5.73 Å². The minimum absolute atomic E-state index is 0.898. The van der Waals surface area contributed by atoms with Crippen molar-refractivity contribution in [2.45, 2.75) is 25.7 Å². The first-order chi connectivity index (χ1) is 4.40. The van der Waals surface area contributed by atoms with Crippen molar-refractivity contribution in [2.24, 2.45) is 23.5 Å². The third-order valence-corrected chi connectivity index (χ3v) is 3.19. The van der Waals surface area contributed by atoms with E-state index < -0.39 is 0 Å². The second kappa shape index (κ2) is 1.98. The highest BCUT2D eigenvalue weighted by molar-refractivity contribution is 4.90. The minimum atomic E-state index is 0.898. The summed E-state index contributed by atoms with van der Waals surface area (Å²) in [5.74, 6) is 3.04. The van der Waals surface area contributed by atoms with Gasteiger partial charge in [-0.15, -0.1) is 0 Å². The van der Waals surface area contributed by atoms with Crippen LogP contribution in [0.25, 0.3) is 0 Å². The van der Waals surface area contributed by atoms with E-state index in [1.165, 1.54) is 25.7 Å². The number of rotatable bonds is 1. The van der Waals surface area contributed by atoms with Crippen molar-refractivity contribution in [1.82, 2.24) is 0 Å². The summed E-state index contributed by atoms with van der Waals surface area (Å²) in [6.07, 6.45) is 5.90. The Kier molecular flexibility index (Phi) is 1.26. The van der Waals surface area contributed by atoms with Crippen molar-refractivity contribution in [1.29, 1.82) is 0 Å². The monoisotopic (exact) mass is 125 g/mol. The maximum Gasteiger partial charge on any atom is -0.00462 e.